The van der Waals surface area contributed by atoms with E-state index in [1.54, 1.807) is 12.1 Å². The Morgan fingerprint density at radius 1 is 1.50 bits per heavy atom. The van der Waals surface area contributed by atoms with E-state index in [0.29, 0.717) is 16.1 Å². The molecule has 4 nitrogen and oxygen atoms in total. The maximum absolute atomic E-state index is 13.0. The molecule has 84 valence electrons. The molecule has 0 aliphatic rings. The number of aromatic amines is 1. The molecule has 1 aromatic carbocycles. The maximum atomic E-state index is 13.0. The fraction of sp³-hybridized carbons (Fsp3) is 0.200. The topological polar surface area (TPSA) is 67.6 Å². The summed E-state index contributed by atoms with van der Waals surface area (Å²) in [5, 5.41) is 6.76. The van der Waals surface area contributed by atoms with Crippen molar-refractivity contribution in [2.45, 2.75) is 13.0 Å². The lowest BCUT2D eigenvalue weighted by molar-refractivity contribution is 0.621. The van der Waals surface area contributed by atoms with Crippen LogP contribution in [-0.2, 0) is 0 Å². The highest BCUT2D eigenvalue weighted by molar-refractivity contribution is 9.10. The number of rotatable bonds is 2. The molecule has 1 heterocycles. The minimum atomic E-state index is -0.313. The van der Waals surface area contributed by atoms with Crippen molar-refractivity contribution >= 4 is 15.9 Å². The van der Waals surface area contributed by atoms with Gasteiger partial charge in [-0.15, -0.1) is 0 Å². The van der Waals surface area contributed by atoms with Gasteiger partial charge in [0.2, 0.25) is 0 Å². The van der Waals surface area contributed by atoms with Crippen LogP contribution < -0.4 is 5.73 Å². The van der Waals surface area contributed by atoms with Crippen LogP contribution in [0.2, 0.25) is 0 Å². The zero-order chi connectivity index (χ0) is 11.7. The van der Waals surface area contributed by atoms with Crippen LogP contribution in [0.15, 0.2) is 22.7 Å². The summed E-state index contributed by atoms with van der Waals surface area (Å²) in [5.74, 6) is 0.801. The van der Waals surface area contributed by atoms with Gasteiger partial charge >= 0.3 is 0 Å². The first kappa shape index (κ1) is 11.2. The van der Waals surface area contributed by atoms with Gasteiger partial charge in [0.15, 0.2) is 5.82 Å². The van der Waals surface area contributed by atoms with Crippen molar-refractivity contribution in [3.05, 3.63) is 34.3 Å². The number of nitrogens with two attached hydrogens (primary N) is 1. The Kier molecular flexibility index (Phi) is 3.02. The molecule has 0 saturated carbocycles. The minimum absolute atomic E-state index is 0.204. The maximum Gasteiger partial charge on any atom is 0.181 e. The average molecular weight is 285 g/mol. The molecule has 3 N–H and O–H groups in total. The Labute approximate surface area is 100 Å². The lowest BCUT2D eigenvalue weighted by atomic mass is 10.2. The summed E-state index contributed by atoms with van der Waals surface area (Å²) in [7, 11) is 0. The quantitative estimate of drug-likeness (QED) is 0.890. The second-order valence-corrected chi connectivity index (χ2v) is 4.32. The van der Waals surface area contributed by atoms with Gasteiger partial charge < -0.3 is 5.73 Å². The van der Waals surface area contributed by atoms with Gasteiger partial charge in [-0.2, -0.15) is 5.10 Å². The summed E-state index contributed by atoms with van der Waals surface area (Å²) in [6, 6.07) is 4.41. The summed E-state index contributed by atoms with van der Waals surface area (Å²) >= 11 is 3.11. The Morgan fingerprint density at radius 3 is 2.81 bits per heavy atom. The molecule has 1 aromatic heterocycles. The number of nitrogens with one attached hydrogen (secondary N) is 1. The molecule has 2 rings (SSSR count). The van der Waals surface area contributed by atoms with E-state index in [2.05, 4.69) is 31.1 Å². The molecule has 0 spiro atoms. The third-order valence-electron chi connectivity index (χ3n) is 2.11. The monoisotopic (exact) mass is 284 g/mol. The second-order valence-electron chi connectivity index (χ2n) is 3.46. The predicted octanol–water partition coefficient (Wildman–Crippen LogP) is 2.39. The molecular formula is C10H10BrFN4. The van der Waals surface area contributed by atoms with Crippen LogP contribution in [0.25, 0.3) is 11.4 Å². The molecule has 16 heavy (non-hydrogen) atoms. The lowest BCUT2D eigenvalue weighted by Gasteiger charge is -1.98. The summed E-state index contributed by atoms with van der Waals surface area (Å²) in [6.45, 7) is 1.81. The molecule has 0 aliphatic heterocycles. The van der Waals surface area contributed by atoms with E-state index in [0.717, 1.165) is 5.56 Å². The first-order valence-corrected chi connectivity index (χ1v) is 5.50. The van der Waals surface area contributed by atoms with Gasteiger partial charge in [0, 0.05) is 5.56 Å². The van der Waals surface area contributed by atoms with Crippen molar-refractivity contribution in [2.24, 2.45) is 5.73 Å². The fourth-order valence-electron chi connectivity index (χ4n) is 1.24. The molecule has 6 heteroatoms. The molecule has 2 aromatic rings. The van der Waals surface area contributed by atoms with Crippen molar-refractivity contribution in [1.29, 1.82) is 0 Å². The zero-order valence-electron chi connectivity index (χ0n) is 8.54. The standard InChI is InChI=1S/C10H10BrFN4/c1-5(13)9-14-10(16-15-9)6-2-3-8(12)7(11)4-6/h2-5H,13H2,1H3,(H,14,15,16). The smallest absolute Gasteiger partial charge is 0.181 e. The van der Waals surface area contributed by atoms with Crippen molar-refractivity contribution in [3.8, 4) is 11.4 Å². The van der Waals surface area contributed by atoms with Gasteiger partial charge in [-0.1, -0.05) is 0 Å². The SMILES string of the molecule is CC(N)c1nc(-c2ccc(F)c(Br)c2)n[nH]1. The number of hydrogen-bond acceptors (Lipinski definition) is 3. The van der Waals surface area contributed by atoms with Gasteiger partial charge in [-0.05, 0) is 41.1 Å². The molecular weight excluding hydrogens is 275 g/mol. The van der Waals surface area contributed by atoms with Crippen LogP contribution in [0.5, 0.6) is 0 Å². The number of benzene rings is 1. The number of H-pyrrole nitrogens is 1. The number of hydrogen-bond donors (Lipinski definition) is 2. The van der Waals surface area contributed by atoms with Crippen LogP contribution in [0.3, 0.4) is 0 Å². The van der Waals surface area contributed by atoms with Crippen molar-refractivity contribution in [3.63, 3.8) is 0 Å². The first-order chi connectivity index (χ1) is 7.58. The van der Waals surface area contributed by atoms with E-state index in [-0.39, 0.29) is 11.9 Å². The van der Waals surface area contributed by atoms with Crippen LogP contribution in [-0.4, -0.2) is 15.2 Å². The van der Waals surface area contributed by atoms with Crippen LogP contribution in [0.4, 0.5) is 4.39 Å². The largest absolute Gasteiger partial charge is 0.322 e. The zero-order valence-corrected chi connectivity index (χ0v) is 10.1. The Balaban J connectivity index is 2.39. The van der Waals surface area contributed by atoms with Crippen LogP contribution in [0, 0.1) is 5.82 Å². The highest BCUT2D eigenvalue weighted by Crippen LogP contribution is 2.23. The molecule has 0 fully saturated rings. The average Bonchev–Trinajstić information content (AvgIpc) is 2.71. The summed E-state index contributed by atoms with van der Waals surface area (Å²) in [6.07, 6.45) is 0. The van der Waals surface area contributed by atoms with E-state index >= 15 is 0 Å². The van der Waals surface area contributed by atoms with Gasteiger partial charge in [0.1, 0.15) is 11.6 Å². The Morgan fingerprint density at radius 2 is 2.25 bits per heavy atom. The van der Waals surface area contributed by atoms with Gasteiger partial charge in [-0.25, -0.2) is 9.37 Å². The number of nitrogens with zero attached hydrogens (tertiary/aromatic N) is 2. The normalized spacial score (nSPS) is 12.8. The minimum Gasteiger partial charge on any atom is -0.322 e. The predicted molar refractivity (Wildman–Crippen MR) is 62.1 cm³/mol. The van der Waals surface area contributed by atoms with Gasteiger partial charge in [0.05, 0.1) is 10.5 Å². The van der Waals surface area contributed by atoms with E-state index in [9.17, 15) is 4.39 Å². The molecule has 1 unspecified atom stereocenters. The van der Waals surface area contributed by atoms with Crippen molar-refractivity contribution in [1.82, 2.24) is 15.2 Å². The number of aromatic nitrogens is 3. The summed E-state index contributed by atoms with van der Waals surface area (Å²) in [5.41, 5.74) is 6.39. The van der Waals surface area contributed by atoms with Crippen LogP contribution >= 0.6 is 15.9 Å². The Hall–Kier alpha value is -1.27. The lowest BCUT2D eigenvalue weighted by Crippen LogP contribution is -2.06. The van der Waals surface area contributed by atoms with E-state index < -0.39 is 0 Å². The molecule has 0 saturated heterocycles. The summed E-state index contributed by atoms with van der Waals surface area (Å²) < 4.78 is 13.4. The molecule has 0 bridgehead atoms. The van der Waals surface area contributed by atoms with E-state index in [1.165, 1.54) is 6.07 Å². The van der Waals surface area contributed by atoms with Crippen molar-refractivity contribution in [2.75, 3.05) is 0 Å². The van der Waals surface area contributed by atoms with E-state index in [1.807, 2.05) is 6.92 Å². The highest BCUT2D eigenvalue weighted by atomic mass is 79.9. The third-order valence-corrected chi connectivity index (χ3v) is 2.72. The van der Waals surface area contributed by atoms with Crippen molar-refractivity contribution < 1.29 is 4.39 Å². The number of halogens is 2. The molecule has 0 radical (unpaired) electrons. The fourth-order valence-corrected chi connectivity index (χ4v) is 1.62. The van der Waals surface area contributed by atoms with Crippen LogP contribution in [0.1, 0.15) is 18.8 Å². The summed E-state index contributed by atoms with van der Waals surface area (Å²) in [4.78, 5) is 4.22. The third kappa shape index (κ3) is 2.12. The molecule has 0 amide bonds. The van der Waals surface area contributed by atoms with E-state index in [4.69, 9.17) is 5.73 Å². The van der Waals surface area contributed by atoms with Gasteiger partial charge in [-0.3, -0.25) is 5.10 Å². The Bertz CT molecular complexity index is 509. The molecule has 1 atom stereocenters. The first-order valence-electron chi connectivity index (χ1n) is 4.71. The highest BCUT2D eigenvalue weighted by Gasteiger charge is 2.10. The van der Waals surface area contributed by atoms with Gasteiger partial charge in [0.25, 0.3) is 0 Å². The second kappa shape index (κ2) is 4.31. The molecule has 0 aliphatic carbocycles.